The van der Waals surface area contributed by atoms with E-state index in [0.717, 1.165) is 4.90 Å². The number of piperidine rings is 1. The molecule has 1 saturated heterocycles. The van der Waals surface area contributed by atoms with Crippen LogP contribution in [0.15, 0.2) is 47.4 Å². The summed E-state index contributed by atoms with van der Waals surface area (Å²) in [6.07, 6.45) is 1.36. The Morgan fingerprint density at radius 2 is 1.86 bits per heavy atom. The van der Waals surface area contributed by atoms with Crippen molar-refractivity contribution in [3.63, 3.8) is 0 Å². The Balaban J connectivity index is 1.46. The van der Waals surface area contributed by atoms with E-state index < -0.39 is 5.82 Å². The summed E-state index contributed by atoms with van der Waals surface area (Å²) in [6.45, 7) is 5.12. The average molecular weight is 401 g/mol. The molecule has 0 bridgehead atoms. The molecule has 2 amide bonds. The highest BCUT2D eigenvalue weighted by Crippen LogP contribution is 2.23. The molecule has 0 radical (unpaired) electrons. The first kappa shape index (κ1) is 20.4. The Kier molecular flexibility index (Phi) is 6.73. The molecule has 0 aromatic heterocycles. The number of hydrogen-bond acceptors (Lipinski definition) is 3. The molecule has 3 rings (SSSR count). The predicted molar refractivity (Wildman–Crippen MR) is 110 cm³/mol. The van der Waals surface area contributed by atoms with E-state index in [1.165, 1.54) is 23.3 Å². The minimum atomic E-state index is -0.494. The highest BCUT2D eigenvalue weighted by molar-refractivity contribution is 8.00. The Labute approximate surface area is 169 Å². The van der Waals surface area contributed by atoms with Crippen molar-refractivity contribution in [1.82, 2.24) is 10.2 Å². The minimum Gasteiger partial charge on any atom is -0.353 e. The molecule has 1 N–H and O–H groups in total. The number of nitrogens with one attached hydrogen (secondary N) is 1. The molecule has 1 heterocycles. The maximum Gasteiger partial charge on any atom is 0.256 e. The molecule has 0 unspecified atom stereocenters. The van der Waals surface area contributed by atoms with Crippen LogP contribution in [0.4, 0.5) is 4.39 Å². The summed E-state index contributed by atoms with van der Waals surface area (Å²) in [6, 6.07) is 12.3. The summed E-state index contributed by atoms with van der Waals surface area (Å²) in [7, 11) is 0. The summed E-state index contributed by atoms with van der Waals surface area (Å²) >= 11 is 1.54. The van der Waals surface area contributed by atoms with Crippen LogP contribution in [-0.4, -0.2) is 41.6 Å². The molecule has 4 nitrogen and oxygen atoms in total. The second-order valence-corrected chi connectivity index (χ2v) is 8.19. The maximum absolute atomic E-state index is 13.8. The van der Waals surface area contributed by atoms with Gasteiger partial charge in [-0.1, -0.05) is 29.8 Å². The van der Waals surface area contributed by atoms with Crippen LogP contribution in [0.1, 0.15) is 34.3 Å². The normalized spacial score (nSPS) is 14.8. The summed E-state index contributed by atoms with van der Waals surface area (Å²) in [5, 5.41) is 3.06. The molecule has 2 aromatic rings. The number of nitrogens with zero attached hydrogens (tertiary/aromatic N) is 1. The topological polar surface area (TPSA) is 49.4 Å². The number of thioether (sulfide) groups is 1. The van der Waals surface area contributed by atoms with Crippen LogP contribution < -0.4 is 5.32 Å². The summed E-state index contributed by atoms with van der Waals surface area (Å²) in [4.78, 5) is 27.5. The van der Waals surface area contributed by atoms with Crippen molar-refractivity contribution in [2.75, 3.05) is 18.8 Å². The lowest BCUT2D eigenvalue weighted by Crippen LogP contribution is -2.47. The molecule has 2 aromatic carbocycles. The molecule has 0 saturated carbocycles. The van der Waals surface area contributed by atoms with E-state index in [9.17, 15) is 14.0 Å². The van der Waals surface area contributed by atoms with Crippen molar-refractivity contribution in [3.8, 4) is 0 Å². The van der Waals surface area contributed by atoms with Crippen molar-refractivity contribution in [1.29, 1.82) is 0 Å². The Morgan fingerprint density at radius 3 is 2.57 bits per heavy atom. The standard InChI is InChI=1S/C22H25FN2O2S/c1-15-7-8-16(2)20(13-15)28-14-21(26)24-17-9-11-25(12-10-17)22(27)18-5-3-4-6-19(18)23/h3-8,13,17H,9-12,14H2,1-2H3,(H,24,26). The second kappa shape index (κ2) is 9.24. The molecule has 0 atom stereocenters. The second-order valence-electron chi connectivity index (χ2n) is 7.17. The van der Waals surface area contributed by atoms with E-state index in [2.05, 4.69) is 23.5 Å². The molecular formula is C22H25FN2O2S. The van der Waals surface area contributed by atoms with Crippen molar-refractivity contribution in [2.24, 2.45) is 0 Å². The minimum absolute atomic E-state index is 0.00443. The predicted octanol–water partition coefficient (Wildman–Crippen LogP) is 3.96. The van der Waals surface area contributed by atoms with Gasteiger partial charge in [0.25, 0.3) is 5.91 Å². The fraction of sp³-hybridized carbons (Fsp3) is 0.364. The number of aryl methyl sites for hydroxylation is 2. The van der Waals surface area contributed by atoms with Crippen LogP contribution in [0.25, 0.3) is 0 Å². The average Bonchev–Trinajstić information content (AvgIpc) is 2.69. The Bertz CT molecular complexity index is 863. The lowest BCUT2D eigenvalue weighted by Gasteiger charge is -2.32. The van der Waals surface area contributed by atoms with E-state index in [-0.39, 0.29) is 23.4 Å². The fourth-order valence-corrected chi connectivity index (χ4v) is 4.24. The number of carbonyl (C=O) groups excluding carboxylic acids is 2. The zero-order valence-electron chi connectivity index (χ0n) is 16.2. The molecule has 0 aliphatic carbocycles. The van der Waals surface area contributed by atoms with Crippen molar-refractivity contribution >= 4 is 23.6 Å². The van der Waals surface area contributed by atoms with E-state index in [4.69, 9.17) is 0 Å². The monoisotopic (exact) mass is 400 g/mol. The number of benzene rings is 2. The maximum atomic E-state index is 13.8. The van der Waals surface area contributed by atoms with E-state index in [0.29, 0.717) is 31.7 Å². The third-order valence-electron chi connectivity index (χ3n) is 4.95. The fourth-order valence-electron chi connectivity index (χ4n) is 3.31. The Hall–Kier alpha value is -2.34. The summed E-state index contributed by atoms with van der Waals surface area (Å²) in [5.74, 6) is -0.400. The number of halogens is 1. The first-order valence-corrected chi connectivity index (χ1v) is 10.5. The molecule has 1 aliphatic heterocycles. The van der Waals surface area contributed by atoms with E-state index >= 15 is 0 Å². The number of amides is 2. The molecule has 148 valence electrons. The number of hydrogen-bond donors (Lipinski definition) is 1. The van der Waals surface area contributed by atoms with Gasteiger partial charge in [-0.3, -0.25) is 9.59 Å². The molecule has 1 aliphatic rings. The number of likely N-dealkylation sites (tertiary alicyclic amines) is 1. The SMILES string of the molecule is Cc1ccc(C)c(SCC(=O)NC2CCN(C(=O)c3ccccc3F)CC2)c1. The van der Waals surface area contributed by atoms with Crippen LogP contribution in [0, 0.1) is 19.7 Å². The zero-order valence-corrected chi connectivity index (χ0v) is 17.0. The van der Waals surface area contributed by atoms with Crippen LogP contribution in [0.5, 0.6) is 0 Å². The van der Waals surface area contributed by atoms with Gasteiger partial charge in [-0.2, -0.15) is 0 Å². The lowest BCUT2D eigenvalue weighted by atomic mass is 10.0. The first-order chi connectivity index (χ1) is 13.4. The van der Waals surface area contributed by atoms with Gasteiger partial charge in [0.05, 0.1) is 11.3 Å². The van der Waals surface area contributed by atoms with E-state index in [1.54, 1.807) is 28.8 Å². The highest BCUT2D eigenvalue weighted by atomic mass is 32.2. The highest BCUT2D eigenvalue weighted by Gasteiger charge is 2.25. The first-order valence-electron chi connectivity index (χ1n) is 9.47. The molecular weight excluding hydrogens is 375 g/mol. The van der Waals surface area contributed by atoms with Crippen LogP contribution in [0.2, 0.25) is 0 Å². The Morgan fingerprint density at radius 1 is 1.14 bits per heavy atom. The van der Waals surface area contributed by atoms with Crippen molar-refractivity contribution < 1.29 is 14.0 Å². The summed E-state index contributed by atoms with van der Waals surface area (Å²) in [5.41, 5.74) is 2.46. The van der Waals surface area contributed by atoms with Crippen molar-refractivity contribution in [2.45, 2.75) is 37.6 Å². The smallest absolute Gasteiger partial charge is 0.256 e. The zero-order chi connectivity index (χ0) is 20.1. The van der Waals surface area contributed by atoms with E-state index in [1.807, 2.05) is 13.8 Å². The van der Waals surface area contributed by atoms with Gasteiger partial charge in [0.15, 0.2) is 0 Å². The molecule has 6 heteroatoms. The molecule has 0 spiro atoms. The largest absolute Gasteiger partial charge is 0.353 e. The lowest BCUT2D eigenvalue weighted by molar-refractivity contribution is -0.119. The van der Waals surface area contributed by atoms with Gasteiger partial charge in [-0.15, -0.1) is 11.8 Å². The van der Waals surface area contributed by atoms with Gasteiger partial charge >= 0.3 is 0 Å². The molecule has 1 fully saturated rings. The summed E-state index contributed by atoms with van der Waals surface area (Å²) < 4.78 is 13.8. The van der Waals surface area contributed by atoms with Gasteiger partial charge in [0, 0.05) is 24.0 Å². The van der Waals surface area contributed by atoms with Gasteiger partial charge in [0.1, 0.15) is 5.82 Å². The van der Waals surface area contributed by atoms with Gasteiger partial charge in [0.2, 0.25) is 5.91 Å². The van der Waals surface area contributed by atoms with Crippen LogP contribution >= 0.6 is 11.8 Å². The quantitative estimate of drug-likeness (QED) is 0.773. The number of rotatable bonds is 5. The van der Waals surface area contributed by atoms with Gasteiger partial charge < -0.3 is 10.2 Å². The third-order valence-corrected chi connectivity index (χ3v) is 6.11. The van der Waals surface area contributed by atoms with Crippen LogP contribution in [-0.2, 0) is 4.79 Å². The third kappa shape index (κ3) is 5.13. The number of carbonyl (C=O) groups is 2. The van der Waals surface area contributed by atoms with Gasteiger partial charge in [-0.05, 0) is 50.5 Å². The van der Waals surface area contributed by atoms with Crippen LogP contribution in [0.3, 0.4) is 0 Å². The van der Waals surface area contributed by atoms with Crippen molar-refractivity contribution in [3.05, 3.63) is 65.0 Å². The molecule has 28 heavy (non-hydrogen) atoms. The van der Waals surface area contributed by atoms with Gasteiger partial charge in [-0.25, -0.2) is 4.39 Å².